The average Bonchev–Trinajstić information content (AvgIpc) is 2.71. The van der Waals surface area contributed by atoms with Crippen LogP contribution in [0.25, 0.3) is 0 Å². The van der Waals surface area contributed by atoms with Crippen LogP contribution in [0.4, 0.5) is 5.69 Å². The van der Waals surface area contributed by atoms with Crippen LogP contribution in [0, 0.1) is 5.41 Å². The van der Waals surface area contributed by atoms with E-state index in [2.05, 4.69) is 5.32 Å². The van der Waals surface area contributed by atoms with Crippen molar-refractivity contribution in [2.45, 2.75) is 23.8 Å². The summed E-state index contributed by atoms with van der Waals surface area (Å²) in [5.41, 5.74) is 6.22. The largest absolute Gasteiger partial charge is 0.481 e. The molecule has 0 heterocycles. The lowest BCUT2D eigenvalue weighted by Gasteiger charge is -2.14. The molecule has 12 heteroatoms. The Labute approximate surface area is 177 Å². The average molecular weight is 448 g/mol. The first-order chi connectivity index (χ1) is 14.5. The molecule has 0 spiro atoms. The number of nitrogen functional groups attached to an aromatic ring is 1. The van der Waals surface area contributed by atoms with Crippen molar-refractivity contribution >= 4 is 39.4 Å². The summed E-state index contributed by atoms with van der Waals surface area (Å²) in [7, 11) is -4.34. The van der Waals surface area contributed by atoms with Crippen molar-refractivity contribution in [2.24, 2.45) is 5.73 Å². The summed E-state index contributed by atoms with van der Waals surface area (Å²) in [5.74, 6) is -3.53. The highest BCUT2D eigenvalue weighted by atomic mass is 32.2. The highest BCUT2D eigenvalue weighted by Gasteiger charge is 2.26. The zero-order valence-electron chi connectivity index (χ0n) is 16.0. The first-order valence-corrected chi connectivity index (χ1v) is 10.3. The second kappa shape index (κ2) is 9.82. The molecule has 0 aliphatic heterocycles. The summed E-state index contributed by atoms with van der Waals surface area (Å²) in [5, 5.41) is 27.8. The van der Waals surface area contributed by atoms with Gasteiger partial charge in [-0.3, -0.25) is 19.8 Å². The van der Waals surface area contributed by atoms with E-state index in [-0.39, 0.29) is 16.3 Å². The Morgan fingerprint density at radius 1 is 1.03 bits per heavy atom. The summed E-state index contributed by atoms with van der Waals surface area (Å²) in [6.07, 6.45) is -0.981. The van der Waals surface area contributed by atoms with Gasteiger partial charge in [-0.15, -0.1) is 0 Å². The number of rotatable bonds is 10. The fourth-order valence-corrected chi connectivity index (χ4v) is 3.77. The molecule has 1 unspecified atom stereocenters. The molecule has 0 saturated carbocycles. The summed E-state index contributed by atoms with van der Waals surface area (Å²) in [4.78, 5) is 34.0. The van der Waals surface area contributed by atoms with Crippen molar-refractivity contribution in [3.05, 3.63) is 59.7 Å². The molecule has 0 bridgehead atoms. The van der Waals surface area contributed by atoms with Gasteiger partial charge in [0, 0.05) is 23.2 Å². The molecular formula is C19H20N4O7S. The number of aliphatic carboxylic acids is 2. The number of nitrogens with two attached hydrogens (primary N) is 1. The van der Waals surface area contributed by atoms with Gasteiger partial charge in [0.15, 0.2) is 0 Å². The van der Waals surface area contributed by atoms with Crippen LogP contribution in [0.15, 0.2) is 53.4 Å². The summed E-state index contributed by atoms with van der Waals surface area (Å²) in [6.45, 7) is 0. The van der Waals surface area contributed by atoms with Crippen LogP contribution in [-0.2, 0) is 19.6 Å². The van der Waals surface area contributed by atoms with Gasteiger partial charge >= 0.3 is 11.9 Å². The first kappa shape index (κ1) is 23.5. The number of carboxylic acids is 2. The summed E-state index contributed by atoms with van der Waals surface area (Å²) < 4.78 is 27.0. The lowest BCUT2D eigenvalue weighted by molar-refractivity contribution is -0.140. The molecule has 2 rings (SSSR count). The Hall–Kier alpha value is -3.77. The van der Waals surface area contributed by atoms with Crippen LogP contribution in [0.1, 0.15) is 28.8 Å². The van der Waals surface area contributed by atoms with Gasteiger partial charge in [0.1, 0.15) is 11.9 Å². The molecule has 31 heavy (non-hydrogen) atoms. The van der Waals surface area contributed by atoms with Crippen molar-refractivity contribution in [1.82, 2.24) is 4.72 Å². The maximum atomic E-state index is 12.5. The first-order valence-electron chi connectivity index (χ1n) is 8.82. The molecule has 1 amide bonds. The molecular weight excluding hydrogens is 428 g/mol. The third-order valence-electron chi connectivity index (χ3n) is 4.10. The van der Waals surface area contributed by atoms with Gasteiger partial charge in [-0.2, -0.15) is 4.72 Å². The van der Waals surface area contributed by atoms with Crippen LogP contribution >= 0.6 is 0 Å². The smallest absolute Gasteiger partial charge is 0.321 e. The second-order valence-corrected chi connectivity index (χ2v) is 8.13. The van der Waals surface area contributed by atoms with E-state index in [0.717, 1.165) is 6.07 Å². The van der Waals surface area contributed by atoms with E-state index in [1.54, 1.807) is 0 Å². The maximum absolute atomic E-state index is 12.5. The monoisotopic (exact) mass is 448 g/mol. The lowest BCUT2D eigenvalue weighted by atomic mass is 10.1. The van der Waals surface area contributed by atoms with E-state index < -0.39 is 46.8 Å². The number of hydrogen-bond acceptors (Lipinski definition) is 6. The molecule has 1 atom stereocenters. The minimum atomic E-state index is -4.34. The summed E-state index contributed by atoms with van der Waals surface area (Å²) in [6, 6.07) is 9.41. The SMILES string of the molecule is N=C(N)c1ccc(NC(=O)c2cccc(S(=O)(=O)NC(CCC(=O)O)C(=O)O)c2)cc1. The van der Waals surface area contributed by atoms with Crippen molar-refractivity contribution in [3.8, 4) is 0 Å². The van der Waals surface area contributed by atoms with E-state index >= 15 is 0 Å². The van der Waals surface area contributed by atoms with E-state index in [1.165, 1.54) is 42.5 Å². The van der Waals surface area contributed by atoms with Crippen molar-refractivity contribution in [3.63, 3.8) is 0 Å². The molecule has 2 aromatic carbocycles. The quantitative estimate of drug-likeness (QED) is 0.226. The number of carboxylic acid groups (broad SMARTS) is 2. The lowest BCUT2D eigenvalue weighted by Crippen LogP contribution is -2.41. The molecule has 0 aliphatic rings. The number of carbonyl (C=O) groups excluding carboxylic acids is 1. The molecule has 164 valence electrons. The Balaban J connectivity index is 2.18. The van der Waals surface area contributed by atoms with E-state index in [4.69, 9.17) is 21.4 Å². The molecule has 0 aromatic heterocycles. The fraction of sp³-hybridized carbons (Fsp3) is 0.158. The van der Waals surface area contributed by atoms with Crippen LogP contribution in [-0.4, -0.2) is 48.4 Å². The van der Waals surface area contributed by atoms with Crippen molar-refractivity contribution < 1.29 is 33.0 Å². The Kier molecular flexibility index (Phi) is 7.45. The Morgan fingerprint density at radius 3 is 2.23 bits per heavy atom. The number of benzene rings is 2. The zero-order chi connectivity index (χ0) is 23.2. The minimum Gasteiger partial charge on any atom is -0.481 e. The molecule has 7 N–H and O–H groups in total. The molecule has 2 aromatic rings. The number of amidine groups is 1. The fourth-order valence-electron chi connectivity index (χ4n) is 2.50. The number of anilines is 1. The number of hydrogen-bond donors (Lipinski definition) is 6. The van der Waals surface area contributed by atoms with E-state index in [9.17, 15) is 22.8 Å². The topological polar surface area (TPSA) is 200 Å². The number of carbonyl (C=O) groups is 3. The van der Waals surface area contributed by atoms with Crippen molar-refractivity contribution in [1.29, 1.82) is 5.41 Å². The van der Waals surface area contributed by atoms with Gasteiger partial charge in [0.05, 0.1) is 4.90 Å². The predicted molar refractivity (Wildman–Crippen MR) is 110 cm³/mol. The van der Waals surface area contributed by atoms with Crippen molar-refractivity contribution in [2.75, 3.05) is 5.32 Å². The van der Waals surface area contributed by atoms with Crippen LogP contribution in [0.2, 0.25) is 0 Å². The molecule has 0 saturated heterocycles. The van der Waals surface area contributed by atoms with Crippen LogP contribution in [0.5, 0.6) is 0 Å². The summed E-state index contributed by atoms with van der Waals surface area (Å²) >= 11 is 0. The third kappa shape index (κ3) is 6.62. The highest BCUT2D eigenvalue weighted by Crippen LogP contribution is 2.16. The maximum Gasteiger partial charge on any atom is 0.321 e. The Morgan fingerprint density at radius 2 is 1.68 bits per heavy atom. The van der Waals surface area contributed by atoms with E-state index in [1.807, 2.05) is 4.72 Å². The van der Waals surface area contributed by atoms with Gasteiger partial charge < -0.3 is 21.3 Å². The molecule has 0 fully saturated rings. The number of sulfonamides is 1. The minimum absolute atomic E-state index is 0.00377. The van der Waals surface area contributed by atoms with Gasteiger partial charge in [-0.1, -0.05) is 6.07 Å². The number of nitrogens with one attached hydrogen (secondary N) is 3. The van der Waals surface area contributed by atoms with Crippen LogP contribution < -0.4 is 15.8 Å². The van der Waals surface area contributed by atoms with Crippen LogP contribution in [0.3, 0.4) is 0 Å². The van der Waals surface area contributed by atoms with Gasteiger partial charge in [0.25, 0.3) is 5.91 Å². The normalized spacial score (nSPS) is 12.0. The van der Waals surface area contributed by atoms with E-state index in [0.29, 0.717) is 11.3 Å². The van der Waals surface area contributed by atoms with Gasteiger partial charge in [0.2, 0.25) is 10.0 Å². The standard InChI is InChI=1S/C19H20N4O7S/c20-17(21)11-4-6-13(7-5-11)22-18(26)12-2-1-3-14(10-12)31(29,30)23-15(19(27)28)8-9-16(24)25/h1-7,10,15,23H,8-9H2,(H3,20,21)(H,22,26)(H,24,25)(H,27,28). The molecule has 0 aliphatic carbocycles. The second-order valence-electron chi connectivity index (χ2n) is 6.42. The zero-order valence-corrected chi connectivity index (χ0v) is 16.8. The van der Waals surface area contributed by atoms with Gasteiger partial charge in [-0.05, 0) is 48.9 Å². The molecule has 11 nitrogen and oxygen atoms in total. The molecule has 0 radical (unpaired) electrons. The highest BCUT2D eigenvalue weighted by molar-refractivity contribution is 7.89. The third-order valence-corrected chi connectivity index (χ3v) is 5.57. The predicted octanol–water partition coefficient (Wildman–Crippen LogP) is 0.819. The Bertz CT molecular complexity index is 1110. The van der Waals surface area contributed by atoms with Gasteiger partial charge in [-0.25, -0.2) is 8.42 Å². The number of amides is 1.